The topological polar surface area (TPSA) is 150 Å². The van der Waals surface area contributed by atoms with E-state index in [1.165, 1.54) is 30.3 Å². The fraction of sp³-hybridized carbons (Fsp3) is 0. The maximum atomic E-state index is 12.5. The number of cyclic esters (lactones) is 2. The molecule has 0 aliphatic carbocycles. The molecule has 40 heavy (non-hydrogen) atoms. The fourth-order valence-corrected chi connectivity index (χ4v) is 3.95. The number of hydrogen-bond donors (Lipinski definition) is 1. The minimum absolute atomic E-state index is 0.00439. The third kappa shape index (κ3) is 5.09. The maximum absolute atomic E-state index is 12.5. The van der Waals surface area contributed by atoms with Gasteiger partial charge in [0.1, 0.15) is 11.5 Å². The van der Waals surface area contributed by atoms with Crippen molar-refractivity contribution in [3.8, 4) is 22.6 Å². The smallest absolute Gasteiger partial charge is 0.346 e. The molecule has 0 fully saturated rings. The highest BCUT2D eigenvalue weighted by atomic mass is 16.6. The van der Waals surface area contributed by atoms with Crippen molar-refractivity contribution in [2.45, 2.75) is 0 Å². The summed E-state index contributed by atoms with van der Waals surface area (Å²) in [4.78, 5) is 70.6. The predicted molar refractivity (Wildman–Crippen MR) is 137 cm³/mol. The van der Waals surface area contributed by atoms with E-state index in [0.717, 1.165) is 17.2 Å². The van der Waals surface area contributed by atoms with Gasteiger partial charge in [0.15, 0.2) is 6.29 Å². The van der Waals surface area contributed by atoms with Crippen molar-refractivity contribution in [2.24, 2.45) is 0 Å². The van der Waals surface area contributed by atoms with Crippen LogP contribution in [0.4, 0.5) is 0 Å². The Morgan fingerprint density at radius 2 is 1.15 bits per heavy atom. The number of aldehydes is 1. The van der Waals surface area contributed by atoms with E-state index in [1.54, 1.807) is 48.5 Å². The van der Waals surface area contributed by atoms with Gasteiger partial charge < -0.3 is 19.3 Å². The Labute approximate surface area is 225 Å². The predicted octanol–water partition coefficient (Wildman–Crippen LogP) is 4.61. The van der Waals surface area contributed by atoms with Crippen molar-refractivity contribution in [1.82, 2.24) is 0 Å². The standard InChI is InChI=1S/C30H16O10/c31-15-20-2-1-18(13-24(20)26(32)33)27(34)38-21-8-3-16(4-9-21)17-5-10-22(11-6-17)39-28(35)19-7-12-23-25(14-19)30(37)40-29(23)36/h1-15H,(H,32,33). The second kappa shape index (κ2) is 10.5. The van der Waals surface area contributed by atoms with Crippen LogP contribution in [0.15, 0.2) is 84.9 Å². The van der Waals surface area contributed by atoms with Crippen LogP contribution in [-0.4, -0.2) is 41.2 Å². The lowest BCUT2D eigenvalue weighted by Gasteiger charge is -2.08. The van der Waals surface area contributed by atoms with Gasteiger partial charge in [-0.25, -0.2) is 24.0 Å². The van der Waals surface area contributed by atoms with Crippen molar-refractivity contribution in [3.63, 3.8) is 0 Å². The van der Waals surface area contributed by atoms with E-state index in [4.69, 9.17) is 9.47 Å². The number of carboxylic acids is 1. The number of carboxylic acid groups (broad SMARTS) is 1. The summed E-state index contributed by atoms with van der Waals surface area (Å²) in [5, 5.41) is 9.23. The molecule has 0 radical (unpaired) electrons. The molecule has 0 unspecified atom stereocenters. The molecule has 4 aromatic rings. The SMILES string of the molecule is O=Cc1ccc(C(=O)Oc2ccc(-c3ccc(OC(=O)c4ccc5c(c4)C(=O)OC5=O)cc3)cc2)cc1C(=O)O. The summed E-state index contributed by atoms with van der Waals surface area (Å²) in [6.45, 7) is 0. The van der Waals surface area contributed by atoms with E-state index in [9.17, 15) is 33.9 Å². The Bertz CT molecular complexity index is 1650. The highest BCUT2D eigenvalue weighted by molar-refractivity contribution is 6.15. The van der Waals surface area contributed by atoms with Gasteiger partial charge in [-0.1, -0.05) is 24.3 Å². The molecule has 0 aromatic heterocycles. The number of hydrogen-bond acceptors (Lipinski definition) is 9. The molecule has 4 aromatic carbocycles. The summed E-state index contributed by atoms with van der Waals surface area (Å²) in [6.07, 6.45) is 0.394. The van der Waals surface area contributed by atoms with Crippen molar-refractivity contribution in [1.29, 1.82) is 0 Å². The fourth-order valence-electron chi connectivity index (χ4n) is 3.95. The minimum Gasteiger partial charge on any atom is -0.478 e. The van der Waals surface area contributed by atoms with Crippen LogP contribution < -0.4 is 9.47 Å². The number of carbonyl (C=O) groups excluding carboxylic acids is 5. The molecule has 1 heterocycles. The number of rotatable bonds is 7. The Morgan fingerprint density at radius 1 is 0.650 bits per heavy atom. The zero-order valence-corrected chi connectivity index (χ0v) is 20.3. The van der Waals surface area contributed by atoms with Gasteiger partial charge in [0.05, 0.1) is 27.8 Å². The average molecular weight is 536 g/mol. The van der Waals surface area contributed by atoms with E-state index < -0.39 is 29.8 Å². The third-order valence-electron chi connectivity index (χ3n) is 5.99. The molecule has 0 atom stereocenters. The molecular formula is C30H16O10. The van der Waals surface area contributed by atoms with Gasteiger partial charge in [-0.05, 0) is 71.8 Å². The van der Waals surface area contributed by atoms with Gasteiger partial charge in [-0.2, -0.15) is 0 Å². The van der Waals surface area contributed by atoms with Crippen LogP contribution >= 0.6 is 0 Å². The molecular weight excluding hydrogens is 520 g/mol. The lowest BCUT2D eigenvalue weighted by atomic mass is 10.0. The number of fused-ring (bicyclic) bond motifs is 1. The van der Waals surface area contributed by atoms with Crippen LogP contribution in [0.2, 0.25) is 0 Å². The van der Waals surface area contributed by atoms with Crippen molar-refractivity contribution >= 4 is 36.1 Å². The second-order valence-electron chi connectivity index (χ2n) is 8.49. The summed E-state index contributed by atoms with van der Waals surface area (Å²) >= 11 is 0. The van der Waals surface area contributed by atoms with E-state index >= 15 is 0 Å². The Balaban J connectivity index is 1.24. The van der Waals surface area contributed by atoms with Crippen LogP contribution in [0.5, 0.6) is 11.5 Å². The first kappa shape index (κ1) is 25.7. The molecule has 1 aliphatic rings. The summed E-state index contributed by atoms with van der Waals surface area (Å²) in [6, 6.07) is 20.7. The third-order valence-corrected chi connectivity index (χ3v) is 5.99. The normalized spacial score (nSPS) is 11.8. The minimum atomic E-state index is -1.34. The number of ether oxygens (including phenoxy) is 3. The quantitative estimate of drug-likeness (QED) is 0.153. The lowest BCUT2D eigenvalue weighted by molar-refractivity contribution is 0.0442. The van der Waals surface area contributed by atoms with Gasteiger partial charge in [0, 0.05) is 5.56 Å². The number of carbonyl (C=O) groups is 6. The lowest BCUT2D eigenvalue weighted by Crippen LogP contribution is -2.11. The van der Waals surface area contributed by atoms with Crippen LogP contribution in [0.1, 0.15) is 62.1 Å². The summed E-state index contributed by atoms with van der Waals surface area (Å²) in [5.74, 6) is -3.96. The van der Waals surface area contributed by atoms with Gasteiger partial charge in [-0.15, -0.1) is 0 Å². The maximum Gasteiger partial charge on any atom is 0.346 e. The van der Waals surface area contributed by atoms with Crippen LogP contribution in [0.25, 0.3) is 11.1 Å². The van der Waals surface area contributed by atoms with Crippen molar-refractivity contribution in [2.75, 3.05) is 0 Å². The monoisotopic (exact) mass is 536 g/mol. The van der Waals surface area contributed by atoms with Gasteiger partial charge in [0.25, 0.3) is 0 Å². The van der Waals surface area contributed by atoms with Gasteiger partial charge in [0.2, 0.25) is 0 Å². The molecule has 5 rings (SSSR count). The Hall–Kier alpha value is -5.90. The van der Waals surface area contributed by atoms with Crippen LogP contribution in [-0.2, 0) is 4.74 Å². The van der Waals surface area contributed by atoms with Crippen molar-refractivity contribution < 1.29 is 48.1 Å². The first-order chi connectivity index (χ1) is 19.2. The zero-order chi connectivity index (χ0) is 28.4. The highest BCUT2D eigenvalue weighted by Crippen LogP contribution is 2.26. The summed E-state index contributed by atoms with van der Waals surface area (Å²) < 4.78 is 15.2. The zero-order valence-electron chi connectivity index (χ0n) is 20.3. The molecule has 10 nitrogen and oxygen atoms in total. The largest absolute Gasteiger partial charge is 0.478 e. The number of aromatic carboxylic acids is 1. The molecule has 1 aliphatic heterocycles. The van der Waals surface area contributed by atoms with E-state index in [0.29, 0.717) is 6.29 Å². The van der Waals surface area contributed by atoms with Crippen molar-refractivity contribution in [3.05, 3.63) is 118 Å². The molecule has 0 saturated heterocycles. The second-order valence-corrected chi connectivity index (χ2v) is 8.49. The number of benzene rings is 4. The van der Waals surface area contributed by atoms with E-state index in [1.807, 2.05) is 0 Å². The first-order valence-corrected chi connectivity index (χ1v) is 11.6. The van der Waals surface area contributed by atoms with Crippen LogP contribution in [0, 0.1) is 0 Å². The molecule has 0 spiro atoms. The van der Waals surface area contributed by atoms with Gasteiger partial charge in [-0.3, -0.25) is 4.79 Å². The average Bonchev–Trinajstić information content (AvgIpc) is 3.25. The molecule has 0 amide bonds. The Kier molecular flexibility index (Phi) is 6.73. The molecule has 0 bridgehead atoms. The molecule has 0 saturated carbocycles. The molecule has 1 N–H and O–H groups in total. The Morgan fingerprint density at radius 3 is 1.68 bits per heavy atom. The summed E-state index contributed by atoms with van der Waals surface area (Å²) in [7, 11) is 0. The number of esters is 4. The first-order valence-electron chi connectivity index (χ1n) is 11.6. The summed E-state index contributed by atoms with van der Waals surface area (Å²) in [5.41, 5.74) is 1.33. The van der Waals surface area contributed by atoms with E-state index in [2.05, 4.69) is 4.74 Å². The molecule has 10 heteroatoms. The molecule has 196 valence electrons. The van der Waals surface area contributed by atoms with Crippen LogP contribution in [0.3, 0.4) is 0 Å². The van der Waals surface area contributed by atoms with Gasteiger partial charge >= 0.3 is 29.8 Å². The van der Waals surface area contributed by atoms with E-state index in [-0.39, 0.29) is 44.9 Å². The highest BCUT2D eigenvalue weighted by Gasteiger charge is 2.30.